The minimum absolute atomic E-state index is 0.0369. The number of aromatic nitrogens is 2. The molecule has 0 spiro atoms. The number of hydrogen-bond donors (Lipinski definition) is 2. The maximum absolute atomic E-state index is 12.9. The van der Waals surface area contributed by atoms with Crippen molar-refractivity contribution in [2.45, 2.75) is 58.4 Å². The number of aromatic amines is 1. The molecular formula is C26H32N4O2S. The van der Waals surface area contributed by atoms with Gasteiger partial charge in [-0.15, -0.1) is 11.3 Å². The van der Waals surface area contributed by atoms with Crippen molar-refractivity contribution in [3.05, 3.63) is 45.6 Å². The molecule has 0 unspecified atom stereocenters. The number of benzene rings is 1. The summed E-state index contributed by atoms with van der Waals surface area (Å²) in [6.45, 7) is 5.76. The summed E-state index contributed by atoms with van der Waals surface area (Å²) in [5, 5.41) is 5.35. The number of anilines is 1. The van der Waals surface area contributed by atoms with Gasteiger partial charge in [0.25, 0.3) is 5.56 Å². The summed E-state index contributed by atoms with van der Waals surface area (Å²) in [5.74, 6) is 1.41. The van der Waals surface area contributed by atoms with Gasteiger partial charge in [0.1, 0.15) is 4.70 Å². The van der Waals surface area contributed by atoms with E-state index in [1.54, 1.807) is 0 Å². The number of nitrogens with one attached hydrogen (secondary N) is 2. The first-order valence-electron chi connectivity index (χ1n) is 12.1. The fraction of sp³-hybridized carbons (Fsp3) is 0.500. The van der Waals surface area contributed by atoms with E-state index in [4.69, 9.17) is 4.98 Å². The van der Waals surface area contributed by atoms with Crippen molar-refractivity contribution in [1.82, 2.24) is 15.3 Å². The van der Waals surface area contributed by atoms with Crippen LogP contribution < -0.4 is 15.8 Å². The molecule has 1 aliphatic carbocycles. The Morgan fingerprint density at radius 1 is 1.18 bits per heavy atom. The molecule has 2 aliphatic rings. The Labute approximate surface area is 198 Å². The summed E-state index contributed by atoms with van der Waals surface area (Å²) in [7, 11) is 0. The number of thiophene rings is 1. The molecule has 2 fully saturated rings. The van der Waals surface area contributed by atoms with Crippen LogP contribution in [0.2, 0.25) is 0 Å². The zero-order chi connectivity index (χ0) is 22.9. The lowest BCUT2D eigenvalue weighted by Gasteiger charge is -2.34. The van der Waals surface area contributed by atoms with Crippen molar-refractivity contribution in [3.8, 4) is 11.1 Å². The largest absolute Gasteiger partial charge is 0.353 e. The third-order valence-electron chi connectivity index (χ3n) is 7.35. The molecule has 1 saturated carbocycles. The van der Waals surface area contributed by atoms with Crippen molar-refractivity contribution in [3.63, 3.8) is 0 Å². The Kier molecular flexibility index (Phi) is 6.23. The lowest BCUT2D eigenvalue weighted by Crippen LogP contribution is -2.47. The topological polar surface area (TPSA) is 78.1 Å². The molecule has 5 rings (SSSR count). The van der Waals surface area contributed by atoms with Gasteiger partial charge in [0.2, 0.25) is 11.9 Å². The summed E-state index contributed by atoms with van der Waals surface area (Å²) in [5.41, 5.74) is 3.93. The smallest absolute Gasteiger partial charge is 0.270 e. The normalized spacial score (nSPS) is 21.9. The van der Waals surface area contributed by atoms with Crippen molar-refractivity contribution < 1.29 is 4.79 Å². The van der Waals surface area contributed by atoms with Crippen LogP contribution in [0.25, 0.3) is 21.3 Å². The van der Waals surface area contributed by atoms with E-state index in [-0.39, 0.29) is 17.4 Å². The minimum Gasteiger partial charge on any atom is -0.353 e. The number of aryl methyl sites for hydroxylation is 1. The van der Waals surface area contributed by atoms with Crippen LogP contribution in [0, 0.1) is 18.8 Å². The highest BCUT2D eigenvalue weighted by atomic mass is 32.1. The molecule has 0 radical (unpaired) electrons. The Bertz CT molecular complexity index is 1210. The highest BCUT2D eigenvalue weighted by molar-refractivity contribution is 7.17. The van der Waals surface area contributed by atoms with E-state index < -0.39 is 0 Å². The number of amides is 1. The van der Waals surface area contributed by atoms with Gasteiger partial charge in [-0.3, -0.25) is 14.6 Å². The van der Waals surface area contributed by atoms with E-state index in [1.165, 1.54) is 36.2 Å². The Hall–Kier alpha value is -2.67. The lowest BCUT2D eigenvalue weighted by atomic mass is 9.85. The van der Waals surface area contributed by atoms with Crippen molar-refractivity contribution >= 4 is 33.4 Å². The van der Waals surface area contributed by atoms with E-state index in [2.05, 4.69) is 47.2 Å². The highest BCUT2D eigenvalue weighted by Gasteiger charge is 2.30. The van der Waals surface area contributed by atoms with Gasteiger partial charge in [-0.25, -0.2) is 4.98 Å². The molecule has 3 heterocycles. The van der Waals surface area contributed by atoms with Crippen molar-refractivity contribution in [2.75, 3.05) is 18.0 Å². The van der Waals surface area contributed by atoms with Crippen molar-refractivity contribution in [1.29, 1.82) is 0 Å². The monoisotopic (exact) mass is 464 g/mol. The van der Waals surface area contributed by atoms with Gasteiger partial charge in [-0.2, -0.15) is 0 Å². The molecule has 3 aromatic rings. The van der Waals surface area contributed by atoms with Gasteiger partial charge in [0.15, 0.2) is 0 Å². The fourth-order valence-corrected chi connectivity index (χ4v) is 6.18. The van der Waals surface area contributed by atoms with Crippen LogP contribution in [0.5, 0.6) is 0 Å². The molecule has 174 valence electrons. The van der Waals surface area contributed by atoms with Gasteiger partial charge < -0.3 is 10.2 Å². The Balaban J connectivity index is 1.31. The number of H-pyrrole nitrogens is 1. The van der Waals surface area contributed by atoms with Crippen LogP contribution in [0.4, 0.5) is 5.95 Å². The van der Waals surface area contributed by atoms with Crippen LogP contribution in [-0.2, 0) is 4.79 Å². The third kappa shape index (κ3) is 4.56. The molecule has 2 atom stereocenters. The number of piperidine rings is 1. The van der Waals surface area contributed by atoms with Gasteiger partial charge in [-0.05, 0) is 44.1 Å². The molecule has 7 heteroatoms. The SMILES string of the molecule is Cc1cccc(-c2csc3c(=O)[nH]c(N4CCC(C(=O)N[C@@H]5CCCC[C@H]5C)CC4)nc23)c1. The summed E-state index contributed by atoms with van der Waals surface area (Å²) >= 11 is 1.44. The molecule has 1 saturated heterocycles. The van der Waals surface area contributed by atoms with E-state index in [0.29, 0.717) is 22.6 Å². The lowest BCUT2D eigenvalue weighted by molar-refractivity contribution is -0.126. The zero-order valence-electron chi connectivity index (χ0n) is 19.4. The quantitative estimate of drug-likeness (QED) is 0.577. The average Bonchev–Trinajstić information content (AvgIpc) is 3.25. The van der Waals surface area contributed by atoms with E-state index in [9.17, 15) is 9.59 Å². The molecule has 1 amide bonds. The predicted molar refractivity (Wildman–Crippen MR) is 135 cm³/mol. The average molecular weight is 465 g/mol. The Morgan fingerprint density at radius 2 is 1.97 bits per heavy atom. The summed E-state index contributed by atoms with van der Waals surface area (Å²) in [6, 6.07) is 8.61. The summed E-state index contributed by atoms with van der Waals surface area (Å²) < 4.78 is 0.658. The first-order valence-corrected chi connectivity index (χ1v) is 13.0. The standard InChI is InChI=1S/C26H32N4O2S/c1-16-6-5-8-19(14-16)20-15-33-23-22(20)28-26(29-25(23)32)30-12-10-18(11-13-30)24(31)27-21-9-4-3-7-17(21)2/h5-6,8,14-15,17-18,21H,3-4,7,9-13H2,1-2H3,(H,27,31)(H,28,29,32)/t17-,21-/m1/s1. The van der Waals surface area contributed by atoms with Crippen molar-refractivity contribution in [2.24, 2.45) is 11.8 Å². The second kappa shape index (κ2) is 9.29. The maximum atomic E-state index is 12.9. The molecule has 0 bridgehead atoms. The summed E-state index contributed by atoms with van der Waals surface area (Å²) in [4.78, 5) is 35.7. The van der Waals surface area contributed by atoms with Crippen LogP contribution in [0.15, 0.2) is 34.4 Å². The van der Waals surface area contributed by atoms with Gasteiger partial charge >= 0.3 is 0 Å². The fourth-order valence-electron chi connectivity index (χ4n) is 5.27. The van der Waals surface area contributed by atoms with E-state index >= 15 is 0 Å². The minimum atomic E-state index is -0.0925. The summed E-state index contributed by atoms with van der Waals surface area (Å²) in [6.07, 6.45) is 6.35. The van der Waals surface area contributed by atoms with Crippen LogP contribution >= 0.6 is 11.3 Å². The van der Waals surface area contributed by atoms with Crippen LogP contribution in [0.1, 0.15) is 51.0 Å². The second-order valence-corrected chi connectivity index (χ2v) is 10.6. The predicted octanol–water partition coefficient (Wildman–Crippen LogP) is 4.87. The van der Waals surface area contributed by atoms with E-state index in [0.717, 1.165) is 49.0 Å². The second-order valence-electron chi connectivity index (χ2n) is 9.72. The number of fused-ring (bicyclic) bond motifs is 1. The number of carbonyl (C=O) groups excluding carboxylic acids is 1. The zero-order valence-corrected chi connectivity index (χ0v) is 20.2. The number of carbonyl (C=O) groups is 1. The van der Waals surface area contributed by atoms with Gasteiger partial charge in [0.05, 0.1) is 5.52 Å². The first kappa shape index (κ1) is 22.1. The first-order chi connectivity index (χ1) is 16.0. The molecule has 6 nitrogen and oxygen atoms in total. The molecule has 1 aliphatic heterocycles. The molecule has 2 aromatic heterocycles. The maximum Gasteiger partial charge on any atom is 0.270 e. The van der Waals surface area contributed by atoms with Crippen LogP contribution in [-0.4, -0.2) is 35.0 Å². The molecule has 33 heavy (non-hydrogen) atoms. The number of rotatable bonds is 4. The molecule has 1 aromatic carbocycles. The Morgan fingerprint density at radius 3 is 2.73 bits per heavy atom. The van der Waals surface area contributed by atoms with Crippen LogP contribution in [0.3, 0.4) is 0 Å². The van der Waals surface area contributed by atoms with Gasteiger partial charge in [0, 0.05) is 36.0 Å². The number of hydrogen-bond acceptors (Lipinski definition) is 5. The van der Waals surface area contributed by atoms with Gasteiger partial charge in [-0.1, -0.05) is 49.6 Å². The molecular weight excluding hydrogens is 432 g/mol. The highest BCUT2D eigenvalue weighted by Crippen LogP contribution is 2.33. The molecule has 2 N–H and O–H groups in total. The van der Waals surface area contributed by atoms with E-state index in [1.807, 2.05) is 11.4 Å². The number of nitrogens with zero attached hydrogens (tertiary/aromatic N) is 2. The third-order valence-corrected chi connectivity index (χ3v) is 8.32.